The zero-order chi connectivity index (χ0) is 17.5. The van der Waals surface area contributed by atoms with Crippen molar-refractivity contribution in [2.45, 2.75) is 20.8 Å². The Kier molecular flexibility index (Phi) is 6.01. The van der Waals surface area contributed by atoms with Gasteiger partial charge in [0.15, 0.2) is 0 Å². The van der Waals surface area contributed by atoms with E-state index >= 15 is 0 Å². The standard InChI is InChI=1S/C20H24N2O2/c1-14(2)13-24-18-9-6-8-17(11-18)22-20(23)12-21-19-10-5-7-15(3)16(19)4/h5-11,21H,1,12-13H2,2-4H3,(H,22,23). The van der Waals surface area contributed by atoms with Crippen molar-refractivity contribution in [2.75, 3.05) is 23.8 Å². The molecule has 0 aliphatic rings. The Balaban J connectivity index is 1.91. The number of nitrogens with one attached hydrogen (secondary N) is 2. The molecule has 24 heavy (non-hydrogen) atoms. The van der Waals surface area contributed by atoms with Crippen molar-refractivity contribution in [3.8, 4) is 5.75 Å². The lowest BCUT2D eigenvalue weighted by atomic mass is 10.1. The molecule has 1 amide bonds. The van der Waals surface area contributed by atoms with Crippen molar-refractivity contribution >= 4 is 17.3 Å². The van der Waals surface area contributed by atoms with E-state index in [1.54, 1.807) is 6.07 Å². The minimum Gasteiger partial charge on any atom is -0.489 e. The lowest BCUT2D eigenvalue weighted by molar-refractivity contribution is -0.114. The Hall–Kier alpha value is -2.75. The fourth-order valence-electron chi connectivity index (χ4n) is 2.19. The highest BCUT2D eigenvalue weighted by molar-refractivity contribution is 5.94. The molecule has 0 unspecified atom stereocenters. The molecule has 0 bridgehead atoms. The minimum atomic E-state index is -0.104. The fraction of sp³-hybridized carbons (Fsp3) is 0.250. The van der Waals surface area contributed by atoms with Gasteiger partial charge in [-0.1, -0.05) is 24.8 Å². The van der Waals surface area contributed by atoms with Crippen molar-refractivity contribution in [2.24, 2.45) is 0 Å². The molecule has 0 saturated heterocycles. The molecule has 2 aromatic carbocycles. The van der Waals surface area contributed by atoms with Gasteiger partial charge in [0.05, 0.1) is 6.54 Å². The number of aryl methyl sites for hydroxylation is 1. The van der Waals surface area contributed by atoms with Crippen molar-refractivity contribution in [1.29, 1.82) is 0 Å². The maximum absolute atomic E-state index is 12.1. The van der Waals surface area contributed by atoms with Gasteiger partial charge in [0, 0.05) is 17.4 Å². The number of hydrogen-bond donors (Lipinski definition) is 2. The summed E-state index contributed by atoms with van der Waals surface area (Å²) in [5.74, 6) is 0.603. The van der Waals surface area contributed by atoms with Crippen LogP contribution >= 0.6 is 0 Å². The monoisotopic (exact) mass is 324 g/mol. The van der Waals surface area contributed by atoms with E-state index < -0.39 is 0 Å². The fourth-order valence-corrected chi connectivity index (χ4v) is 2.19. The molecule has 2 rings (SSSR count). The highest BCUT2D eigenvalue weighted by Gasteiger charge is 2.05. The van der Waals surface area contributed by atoms with Crippen LogP contribution in [0.3, 0.4) is 0 Å². The van der Waals surface area contributed by atoms with Gasteiger partial charge in [-0.3, -0.25) is 4.79 Å². The molecule has 0 radical (unpaired) electrons. The minimum absolute atomic E-state index is 0.104. The summed E-state index contributed by atoms with van der Waals surface area (Å²) in [5, 5.41) is 6.04. The van der Waals surface area contributed by atoms with E-state index in [0.29, 0.717) is 18.0 Å². The number of carbonyl (C=O) groups excluding carboxylic acids is 1. The predicted molar refractivity (Wildman–Crippen MR) is 99.8 cm³/mol. The quantitative estimate of drug-likeness (QED) is 0.746. The zero-order valence-corrected chi connectivity index (χ0v) is 14.5. The molecule has 0 saturated carbocycles. The number of anilines is 2. The lowest BCUT2D eigenvalue weighted by Gasteiger charge is -2.12. The third kappa shape index (κ3) is 5.16. The van der Waals surface area contributed by atoms with Crippen LogP contribution in [0.1, 0.15) is 18.1 Å². The van der Waals surface area contributed by atoms with Crippen LogP contribution in [0.15, 0.2) is 54.6 Å². The second-order valence-electron chi connectivity index (χ2n) is 5.92. The molecule has 4 heteroatoms. The molecule has 0 aliphatic heterocycles. The van der Waals surface area contributed by atoms with Crippen LogP contribution in [-0.2, 0) is 4.79 Å². The van der Waals surface area contributed by atoms with Gasteiger partial charge >= 0.3 is 0 Å². The van der Waals surface area contributed by atoms with Gasteiger partial charge in [-0.2, -0.15) is 0 Å². The van der Waals surface area contributed by atoms with E-state index in [1.165, 1.54) is 5.56 Å². The average molecular weight is 324 g/mol. The average Bonchev–Trinajstić information content (AvgIpc) is 2.55. The van der Waals surface area contributed by atoms with Gasteiger partial charge in [0.2, 0.25) is 5.91 Å². The Morgan fingerprint density at radius 3 is 2.67 bits per heavy atom. The normalized spacial score (nSPS) is 10.1. The second-order valence-corrected chi connectivity index (χ2v) is 5.92. The number of carbonyl (C=O) groups is 1. The van der Waals surface area contributed by atoms with Crippen LogP contribution in [0.25, 0.3) is 0 Å². The molecule has 2 aromatic rings. The van der Waals surface area contributed by atoms with Crippen molar-refractivity contribution in [1.82, 2.24) is 0 Å². The summed E-state index contributed by atoms with van der Waals surface area (Å²) in [5.41, 5.74) is 4.98. The highest BCUT2D eigenvalue weighted by atomic mass is 16.5. The molecular weight excluding hydrogens is 300 g/mol. The summed E-state index contributed by atoms with van der Waals surface area (Å²) in [7, 11) is 0. The van der Waals surface area contributed by atoms with Crippen LogP contribution in [0.2, 0.25) is 0 Å². The van der Waals surface area contributed by atoms with Gasteiger partial charge in [-0.25, -0.2) is 0 Å². The number of rotatable bonds is 7. The summed E-state index contributed by atoms with van der Waals surface area (Å²) in [6.45, 7) is 10.5. The van der Waals surface area contributed by atoms with Gasteiger partial charge in [-0.05, 0) is 55.7 Å². The largest absolute Gasteiger partial charge is 0.489 e. The SMILES string of the molecule is C=C(C)COc1cccc(NC(=O)CNc2cccc(C)c2C)c1. The zero-order valence-electron chi connectivity index (χ0n) is 14.5. The first-order valence-corrected chi connectivity index (χ1v) is 7.93. The first-order valence-electron chi connectivity index (χ1n) is 7.93. The van der Waals surface area contributed by atoms with Gasteiger partial charge in [0.1, 0.15) is 12.4 Å². The van der Waals surface area contributed by atoms with Crippen LogP contribution < -0.4 is 15.4 Å². The van der Waals surface area contributed by atoms with Gasteiger partial charge in [-0.15, -0.1) is 0 Å². The Bertz CT molecular complexity index is 738. The molecule has 4 nitrogen and oxygen atoms in total. The lowest BCUT2D eigenvalue weighted by Crippen LogP contribution is -2.22. The Morgan fingerprint density at radius 1 is 1.17 bits per heavy atom. The van der Waals surface area contributed by atoms with Gasteiger partial charge in [0.25, 0.3) is 0 Å². The molecule has 0 atom stereocenters. The molecule has 0 heterocycles. The van der Waals surface area contributed by atoms with Crippen molar-refractivity contribution in [3.05, 3.63) is 65.7 Å². The first kappa shape index (κ1) is 17.6. The molecule has 0 fully saturated rings. The maximum atomic E-state index is 12.1. The van der Waals surface area contributed by atoms with Crippen molar-refractivity contribution < 1.29 is 9.53 Å². The molecular formula is C20H24N2O2. The maximum Gasteiger partial charge on any atom is 0.243 e. The van der Waals surface area contributed by atoms with E-state index in [1.807, 2.05) is 44.2 Å². The third-order valence-electron chi connectivity index (χ3n) is 3.65. The van der Waals surface area contributed by atoms with Crippen LogP contribution in [-0.4, -0.2) is 19.1 Å². The molecule has 2 N–H and O–H groups in total. The molecule has 0 aliphatic carbocycles. The third-order valence-corrected chi connectivity index (χ3v) is 3.65. The Labute approximate surface area is 143 Å². The van der Waals surface area contributed by atoms with Crippen LogP contribution in [0, 0.1) is 13.8 Å². The molecule has 126 valence electrons. The predicted octanol–water partition coefficient (Wildman–Crippen LogP) is 4.31. The van der Waals surface area contributed by atoms with E-state index in [4.69, 9.17) is 4.74 Å². The Morgan fingerprint density at radius 2 is 1.92 bits per heavy atom. The van der Waals surface area contributed by atoms with Crippen molar-refractivity contribution in [3.63, 3.8) is 0 Å². The number of benzene rings is 2. The summed E-state index contributed by atoms with van der Waals surface area (Å²) in [6.07, 6.45) is 0. The topological polar surface area (TPSA) is 50.4 Å². The number of hydrogen-bond acceptors (Lipinski definition) is 3. The highest BCUT2D eigenvalue weighted by Crippen LogP contribution is 2.19. The van der Waals surface area contributed by atoms with E-state index in [0.717, 1.165) is 16.8 Å². The first-order chi connectivity index (χ1) is 11.5. The van der Waals surface area contributed by atoms with Crippen LogP contribution in [0.5, 0.6) is 5.75 Å². The smallest absolute Gasteiger partial charge is 0.243 e. The summed E-state index contributed by atoms with van der Waals surface area (Å²) < 4.78 is 5.58. The molecule has 0 spiro atoms. The van der Waals surface area contributed by atoms with E-state index in [2.05, 4.69) is 30.2 Å². The molecule has 0 aromatic heterocycles. The van der Waals surface area contributed by atoms with Crippen LogP contribution in [0.4, 0.5) is 11.4 Å². The van der Waals surface area contributed by atoms with E-state index in [-0.39, 0.29) is 12.5 Å². The summed E-state index contributed by atoms with van der Waals surface area (Å²) in [6, 6.07) is 13.3. The summed E-state index contributed by atoms with van der Waals surface area (Å²) in [4.78, 5) is 12.1. The van der Waals surface area contributed by atoms with E-state index in [9.17, 15) is 4.79 Å². The second kappa shape index (κ2) is 8.20. The summed E-state index contributed by atoms with van der Waals surface area (Å²) >= 11 is 0. The van der Waals surface area contributed by atoms with Gasteiger partial charge < -0.3 is 15.4 Å². The number of amides is 1. The number of ether oxygens (including phenoxy) is 1.